The van der Waals surface area contributed by atoms with E-state index in [0.717, 1.165) is 18.8 Å². The molecule has 0 saturated carbocycles. The lowest BCUT2D eigenvalue weighted by Crippen LogP contribution is -2.28. The Kier molecular flexibility index (Phi) is 3.93. The first kappa shape index (κ1) is 14.4. The Bertz CT molecular complexity index is 634. The SMILES string of the molecule is CC1CN(Cc2cn(-c3ccc(F)c(Cl)c3)nn2)CC1N. The highest BCUT2D eigenvalue weighted by Crippen LogP contribution is 2.19. The molecule has 0 radical (unpaired) electrons. The van der Waals surface area contributed by atoms with Gasteiger partial charge < -0.3 is 5.73 Å². The Morgan fingerprint density at radius 2 is 2.24 bits per heavy atom. The van der Waals surface area contributed by atoms with Gasteiger partial charge in [-0.3, -0.25) is 4.90 Å². The summed E-state index contributed by atoms with van der Waals surface area (Å²) < 4.78 is 14.8. The lowest BCUT2D eigenvalue weighted by atomic mass is 10.1. The van der Waals surface area contributed by atoms with Gasteiger partial charge in [-0.25, -0.2) is 9.07 Å². The summed E-state index contributed by atoms with van der Waals surface area (Å²) in [6.07, 6.45) is 1.83. The minimum absolute atomic E-state index is 0.0730. The summed E-state index contributed by atoms with van der Waals surface area (Å²) in [6.45, 7) is 4.71. The molecule has 21 heavy (non-hydrogen) atoms. The zero-order valence-electron chi connectivity index (χ0n) is 11.7. The molecule has 0 bridgehead atoms. The minimum atomic E-state index is -0.444. The fourth-order valence-electron chi connectivity index (χ4n) is 2.58. The molecule has 2 unspecified atom stereocenters. The predicted molar refractivity (Wildman–Crippen MR) is 78.7 cm³/mol. The summed E-state index contributed by atoms with van der Waals surface area (Å²) in [5.41, 5.74) is 7.56. The van der Waals surface area contributed by atoms with Crippen LogP contribution in [0.25, 0.3) is 5.69 Å². The summed E-state index contributed by atoms with van der Waals surface area (Å²) in [6, 6.07) is 4.69. The van der Waals surface area contributed by atoms with Crippen LogP contribution >= 0.6 is 11.6 Å². The van der Waals surface area contributed by atoms with Crippen molar-refractivity contribution in [1.29, 1.82) is 0 Å². The maximum atomic E-state index is 13.2. The van der Waals surface area contributed by atoms with Gasteiger partial charge in [0.15, 0.2) is 0 Å². The molecule has 0 aliphatic carbocycles. The highest BCUT2D eigenvalue weighted by Gasteiger charge is 2.26. The van der Waals surface area contributed by atoms with E-state index in [0.29, 0.717) is 18.2 Å². The molecule has 0 spiro atoms. The van der Waals surface area contributed by atoms with Gasteiger partial charge in [-0.1, -0.05) is 23.7 Å². The predicted octanol–water partition coefficient (Wildman–Crippen LogP) is 1.84. The van der Waals surface area contributed by atoms with Crippen LogP contribution < -0.4 is 5.73 Å². The molecule has 1 saturated heterocycles. The van der Waals surface area contributed by atoms with E-state index in [4.69, 9.17) is 17.3 Å². The van der Waals surface area contributed by atoms with Crippen LogP contribution in [0, 0.1) is 11.7 Å². The summed E-state index contributed by atoms with van der Waals surface area (Å²) in [4.78, 5) is 2.27. The van der Waals surface area contributed by atoms with Crippen LogP contribution in [0.1, 0.15) is 12.6 Å². The summed E-state index contributed by atoms with van der Waals surface area (Å²) in [5.74, 6) is 0.0525. The second-order valence-electron chi connectivity index (χ2n) is 5.59. The van der Waals surface area contributed by atoms with Gasteiger partial charge in [0.2, 0.25) is 0 Å². The third kappa shape index (κ3) is 3.07. The molecular weight excluding hydrogens is 293 g/mol. The molecule has 1 fully saturated rings. The zero-order chi connectivity index (χ0) is 15.0. The third-order valence-corrected chi connectivity index (χ3v) is 4.13. The maximum Gasteiger partial charge on any atom is 0.141 e. The van der Waals surface area contributed by atoms with Crippen molar-refractivity contribution in [2.24, 2.45) is 11.7 Å². The van der Waals surface area contributed by atoms with Crippen molar-refractivity contribution in [2.45, 2.75) is 19.5 Å². The fraction of sp³-hybridized carbons (Fsp3) is 0.429. The summed E-state index contributed by atoms with van der Waals surface area (Å²) in [7, 11) is 0. The van der Waals surface area contributed by atoms with E-state index < -0.39 is 5.82 Å². The van der Waals surface area contributed by atoms with Crippen LogP contribution in [0.3, 0.4) is 0 Å². The monoisotopic (exact) mass is 309 g/mol. The second-order valence-corrected chi connectivity index (χ2v) is 6.00. The molecule has 112 valence electrons. The lowest BCUT2D eigenvalue weighted by Gasteiger charge is -2.12. The van der Waals surface area contributed by atoms with Crippen LogP contribution in [-0.4, -0.2) is 39.0 Å². The first-order chi connectivity index (χ1) is 10.0. The molecule has 2 aromatic rings. The van der Waals surface area contributed by atoms with E-state index in [1.54, 1.807) is 10.7 Å². The number of hydrogen-bond donors (Lipinski definition) is 1. The Balaban J connectivity index is 1.73. The average molecular weight is 310 g/mol. The molecular formula is C14H17ClFN5. The second kappa shape index (κ2) is 5.71. The molecule has 0 amide bonds. The minimum Gasteiger partial charge on any atom is -0.326 e. The van der Waals surface area contributed by atoms with Gasteiger partial charge in [0.25, 0.3) is 0 Å². The number of rotatable bonds is 3. The molecule has 1 aromatic heterocycles. The van der Waals surface area contributed by atoms with Gasteiger partial charge in [0.1, 0.15) is 5.82 Å². The number of likely N-dealkylation sites (tertiary alicyclic amines) is 1. The van der Waals surface area contributed by atoms with Gasteiger partial charge in [-0.05, 0) is 24.1 Å². The topological polar surface area (TPSA) is 60.0 Å². The molecule has 3 rings (SSSR count). The molecule has 1 aliphatic rings. The van der Waals surface area contributed by atoms with Crippen molar-refractivity contribution in [3.8, 4) is 5.69 Å². The first-order valence-electron chi connectivity index (χ1n) is 6.87. The van der Waals surface area contributed by atoms with Gasteiger partial charge in [0.05, 0.1) is 22.6 Å². The number of halogens is 2. The highest BCUT2D eigenvalue weighted by molar-refractivity contribution is 6.30. The van der Waals surface area contributed by atoms with Crippen molar-refractivity contribution in [3.05, 3.63) is 40.9 Å². The van der Waals surface area contributed by atoms with Crippen LogP contribution in [0.4, 0.5) is 4.39 Å². The molecule has 1 aliphatic heterocycles. The molecule has 2 N–H and O–H groups in total. The van der Waals surface area contributed by atoms with Crippen molar-refractivity contribution in [1.82, 2.24) is 19.9 Å². The average Bonchev–Trinajstić information content (AvgIpc) is 3.01. The fourth-order valence-corrected chi connectivity index (χ4v) is 2.75. The van der Waals surface area contributed by atoms with E-state index in [2.05, 4.69) is 22.1 Å². The Hall–Kier alpha value is -1.50. The van der Waals surface area contributed by atoms with Crippen molar-refractivity contribution >= 4 is 11.6 Å². The number of benzene rings is 1. The van der Waals surface area contributed by atoms with Crippen LogP contribution in [0.15, 0.2) is 24.4 Å². The van der Waals surface area contributed by atoms with Crippen molar-refractivity contribution in [2.75, 3.05) is 13.1 Å². The number of aromatic nitrogens is 3. The molecule has 1 aromatic carbocycles. The van der Waals surface area contributed by atoms with E-state index in [1.165, 1.54) is 12.1 Å². The Morgan fingerprint density at radius 1 is 1.43 bits per heavy atom. The maximum absolute atomic E-state index is 13.2. The van der Waals surface area contributed by atoms with Crippen LogP contribution in [-0.2, 0) is 6.54 Å². The van der Waals surface area contributed by atoms with E-state index in [9.17, 15) is 4.39 Å². The Labute approximate surface area is 127 Å². The quantitative estimate of drug-likeness (QED) is 0.940. The van der Waals surface area contributed by atoms with Crippen LogP contribution in [0.2, 0.25) is 5.02 Å². The highest BCUT2D eigenvalue weighted by atomic mass is 35.5. The van der Waals surface area contributed by atoms with Gasteiger partial charge >= 0.3 is 0 Å². The van der Waals surface area contributed by atoms with E-state index in [-0.39, 0.29) is 11.1 Å². The standard InChI is InChI=1S/C14H17ClFN5/c1-9-5-20(8-14(9)17)6-10-7-21(19-18-10)11-2-3-13(16)12(15)4-11/h2-4,7,9,14H,5-6,8,17H2,1H3. The normalized spacial score (nSPS) is 22.9. The Morgan fingerprint density at radius 3 is 2.90 bits per heavy atom. The number of nitrogens with two attached hydrogens (primary N) is 1. The third-order valence-electron chi connectivity index (χ3n) is 3.84. The lowest BCUT2D eigenvalue weighted by molar-refractivity contribution is 0.315. The van der Waals surface area contributed by atoms with Crippen molar-refractivity contribution < 1.29 is 4.39 Å². The van der Waals surface area contributed by atoms with Crippen molar-refractivity contribution in [3.63, 3.8) is 0 Å². The van der Waals surface area contributed by atoms with E-state index >= 15 is 0 Å². The van der Waals surface area contributed by atoms with Gasteiger partial charge in [-0.15, -0.1) is 5.10 Å². The van der Waals surface area contributed by atoms with Crippen LogP contribution in [0.5, 0.6) is 0 Å². The molecule has 5 nitrogen and oxygen atoms in total. The molecule has 2 heterocycles. The largest absolute Gasteiger partial charge is 0.326 e. The smallest absolute Gasteiger partial charge is 0.141 e. The summed E-state index contributed by atoms with van der Waals surface area (Å²) >= 11 is 5.78. The van der Waals surface area contributed by atoms with Gasteiger partial charge in [-0.2, -0.15) is 0 Å². The molecule has 7 heteroatoms. The molecule has 2 atom stereocenters. The van der Waals surface area contributed by atoms with Gasteiger partial charge in [0, 0.05) is 25.7 Å². The number of nitrogens with zero attached hydrogens (tertiary/aromatic N) is 4. The summed E-state index contributed by atoms with van der Waals surface area (Å²) in [5, 5.41) is 8.29. The van der Waals surface area contributed by atoms with E-state index in [1.807, 2.05) is 6.20 Å². The first-order valence-corrected chi connectivity index (χ1v) is 7.25. The number of hydrogen-bond acceptors (Lipinski definition) is 4. The zero-order valence-corrected chi connectivity index (χ0v) is 12.5.